The van der Waals surface area contributed by atoms with Crippen molar-refractivity contribution in [2.24, 2.45) is 5.73 Å². The first-order chi connectivity index (χ1) is 8.19. The molecule has 90 valence electrons. The molecular formula is C11H13ClN4S. The van der Waals surface area contributed by atoms with Gasteiger partial charge in [-0.05, 0) is 55.4 Å². The Morgan fingerprint density at radius 1 is 1.47 bits per heavy atom. The van der Waals surface area contributed by atoms with Crippen LogP contribution in [-0.4, -0.2) is 21.7 Å². The molecule has 1 aromatic heterocycles. The van der Waals surface area contributed by atoms with E-state index in [1.807, 2.05) is 25.1 Å². The number of aromatic nitrogens is 3. The Labute approximate surface area is 109 Å². The molecule has 0 aliphatic rings. The average Bonchev–Trinajstić information content (AvgIpc) is 2.69. The second-order valence-corrected chi connectivity index (χ2v) is 5.04. The first-order valence-electron chi connectivity index (χ1n) is 5.24. The molecule has 2 aromatic rings. The Balaban J connectivity index is 2.25. The number of halogens is 1. The lowest BCUT2D eigenvalue weighted by Gasteiger charge is -2.06. The van der Waals surface area contributed by atoms with E-state index in [1.54, 1.807) is 0 Å². The zero-order valence-corrected chi connectivity index (χ0v) is 11.0. The van der Waals surface area contributed by atoms with Gasteiger partial charge < -0.3 is 5.73 Å². The largest absolute Gasteiger partial charge is 0.330 e. The molecule has 2 rings (SSSR count). The van der Waals surface area contributed by atoms with Gasteiger partial charge in [-0.15, -0.1) is 5.10 Å². The number of hydrogen-bond acceptors (Lipinski definition) is 4. The van der Waals surface area contributed by atoms with Gasteiger partial charge in [-0.3, -0.25) is 5.10 Å². The maximum Gasteiger partial charge on any atom is 0.213 e. The minimum absolute atomic E-state index is 0.598. The minimum Gasteiger partial charge on any atom is -0.330 e. The summed E-state index contributed by atoms with van der Waals surface area (Å²) in [5.74, 6) is 0.807. The van der Waals surface area contributed by atoms with Crippen LogP contribution in [-0.2, 0) is 6.42 Å². The van der Waals surface area contributed by atoms with E-state index in [2.05, 4.69) is 15.2 Å². The summed E-state index contributed by atoms with van der Waals surface area (Å²) in [5, 5.41) is 8.35. The molecule has 0 aliphatic heterocycles. The van der Waals surface area contributed by atoms with Crippen LogP contribution in [0.15, 0.2) is 28.3 Å². The maximum atomic E-state index is 5.97. The molecule has 0 saturated carbocycles. The number of hydrogen-bond donors (Lipinski definition) is 2. The van der Waals surface area contributed by atoms with Crippen molar-refractivity contribution in [3.8, 4) is 0 Å². The molecule has 0 saturated heterocycles. The number of benzene rings is 1. The van der Waals surface area contributed by atoms with Crippen molar-refractivity contribution >= 4 is 23.4 Å². The van der Waals surface area contributed by atoms with Crippen LogP contribution in [0.4, 0.5) is 0 Å². The number of H-pyrrole nitrogens is 1. The van der Waals surface area contributed by atoms with E-state index in [0.29, 0.717) is 11.7 Å². The van der Waals surface area contributed by atoms with Crippen LogP contribution in [0.3, 0.4) is 0 Å². The average molecular weight is 269 g/mol. The number of rotatable bonds is 4. The van der Waals surface area contributed by atoms with Crippen LogP contribution in [0.5, 0.6) is 0 Å². The van der Waals surface area contributed by atoms with Gasteiger partial charge in [0.25, 0.3) is 0 Å². The normalized spacial score (nSPS) is 10.8. The maximum absolute atomic E-state index is 5.97. The van der Waals surface area contributed by atoms with E-state index in [4.69, 9.17) is 17.3 Å². The fourth-order valence-corrected chi connectivity index (χ4v) is 2.56. The number of aryl methyl sites for hydroxylation is 1. The molecule has 4 nitrogen and oxygen atoms in total. The molecule has 1 aromatic carbocycles. The molecule has 0 amide bonds. The number of aromatic amines is 1. The van der Waals surface area contributed by atoms with E-state index < -0.39 is 0 Å². The quantitative estimate of drug-likeness (QED) is 0.894. The predicted molar refractivity (Wildman–Crippen MR) is 69.5 cm³/mol. The Kier molecular flexibility index (Phi) is 4.04. The lowest BCUT2D eigenvalue weighted by atomic mass is 10.1. The molecule has 3 N–H and O–H groups in total. The van der Waals surface area contributed by atoms with Crippen LogP contribution in [0.1, 0.15) is 11.4 Å². The highest BCUT2D eigenvalue weighted by molar-refractivity contribution is 7.99. The van der Waals surface area contributed by atoms with E-state index in [-0.39, 0.29) is 0 Å². The molecule has 0 radical (unpaired) electrons. The van der Waals surface area contributed by atoms with E-state index in [0.717, 1.165) is 27.7 Å². The summed E-state index contributed by atoms with van der Waals surface area (Å²) in [7, 11) is 0. The number of nitrogens with two attached hydrogens (primary N) is 1. The van der Waals surface area contributed by atoms with Gasteiger partial charge in [-0.25, -0.2) is 4.98 Å². The Hall–Kier alpha value is -1.04. The molecule has 0 fully saturated rings. The first-order valence-corrected chi connectivity index (χ1v) is 6.44. The zero-order valence-electron chi connectivity index (χ0n) is 9.40. The fraction of sp³-hybridized carbons (Fsp3) is 0.273. The van der Waals surface area contributed by atoms with Crippen molar-refractivity contribution < 1.29 is 0 Å². The van der Waals surface area contributed by atoms with E-state index >= 15 is 0 Å². The predicted octanol–water partition coefficient (Wildman–Crippen LogP) is 2.42. The van der Waals surface area contributed by atoms with Crippen LogP contribution < -0.4 is 5.73 Å². The van der Waals surface area contributed by atoms with Crippen LogP contribution in [0.2, 0.25) is 5.02 Å². The monoisotopic (exact) mass is 268 g/mol. The molecule has 0 aliphatic carbocycles. The van der Waals surface area contributed by atoms with E-state index in [1.165, 1.54) is 11.8 Å². The second kappa shape index (κ2) is 5.53. The molecule has 0 atom stereocenters. The van der Waals surface area contributed by atoms with Gasteiger partial charge in [0.2, 0.25) is 5.16 Å². The Bertz CT molecular complexity index is 512. The van der Waals surface area contributed by atoms with Gasteiger partial charge in [0.15, 0.2) is 0 Å². The highest BCUT2D eigenvalue weighted by atomic mass is 35.5. The lowest BCUT2D eigenvalue weighted by molar-refractivity contribution is 0.937. The van der Waals surface area contributed by atoms with Crippen LogP contribution >= 0.6 is 23.4 Å². The van der Waals surface area contributed by atoms with Crippen molar-refractivity contribution in [2.45, 2.75) is 23.4 Å². The SMILES string of the molecule is Cc1nc(Sc2ccc(Cl)cc2CCN)n[nH]1. The number of nitrogens with one attached hydrogen (secondary N) is 1. The van der Waals surface area contributed by atoms with Gasteiger partial charge in [0.1, 0.15) is 5.82 Å². The fourth-order valence-electron chi connectivity index (χ4n) is 1.46. The summed E-state index contributed by atoms with van der Waals surface area (Å²) in [6.07, 6.45) is 0.798. The van der Waals surface area contributed by atoms with Crippen LogP contribution in [0, 0.1) is 6.92 Å². The van der Waals surface area contributed by atoms with Gasteiger partial charge in [0.05, 0.1) is 0 Å². The van der Waals surface area contributed by atoms with Crippen molar-refractivity contribution in [2.75, 3.05) is 6.54 Å². The standard InChI is InChI=1S/C11H13ClN4S/c1-7-14-11(16-15-7)17-10-3-2-9(12)6-8(10)4-5-13/h2-3,6H,4-5,13H2,1H3,(H,14,15,16). The minimum atomic E-state index is 0.598. The Morgan fingerprint density at radius 3 is 2.94 bits per heavy atom. The van der Waals surface area contributed by atoms with Gasteiger partial charge in [-0.2, -0.15) is 0 Å². The third-order valence-electron chi connectivity index (χ3n) is 2.21. The van der Waals surface area contributed by atoms with Gasteiger partial charge in [-0.1, -0.05) is 11.6 Å². The molecule has 0 unspecified atom stereocenters. The first kappa shape index (κ1) is 12.4. The van der Waals surface area contributed by atoms with Crippen molar-refractivity contribution in [3.63, 3.8) is 0 Å². The zero-order chi connectivity index (χ0) is 12.3. The topological polar surface area (TPSA) is 67.6 Å². The summed E-state index contributed by atoms with van der Waals surface area (Å²) in [4.78, 5) is 5.36. The number of nitrogens with zero attached hydrogens (tertiary/aromatic N) is 2. The van der Waals surface area contributed by atoms with Gasteiger partial charge >= 0.3 is 0 Å². The molecule has 6 heteroatoms. The molecule has 17 heavy (non-hydrogen) atoms. The van der Waals surface area contributed by atoms with Crippen molar-refractivity contribution in [1.82, 2.24) is 15.2 Å². The highest BCUT2D eigenvalue weighted by Gasteiger charge is 2.08. The molecule has 0 spiro atoms. The summed E-state index contributed by atoms with van der Waals surface area (Å²) >= 11 is 7.49. The van der Waals surface area contributed by atoms with Crippen molar-refractivity contribution in [1.29, 1.82) is 0 Å². The highest BCUT2D eigenvalue weighted by Crippen LogP contribution is 2.30. The smallest absolute Gasteiger partial charge is 0.213 e. The Morgan fingerprint density at radius 2 is 2.29 bits per heavy atom. The van der Waals surface area contributed by atoms with Crippen molar-refractivity contribution in [3.05, 3.63) is 34.6 Å². The van der Waals surface area contributed by atoms with E-state index in [9.17, 15) is 0 Å². The lowest BCUT2D eigenvalue weighted by Crippen LogP contribution is -2.03. The summed E-state index contributed by atoms with van der Waals surface area (Å²) in [6.45, 7) is 2.47. The second-order valence-electron chi connectivity index (χ2n) is 3.60. The molecular weight excluding hydrogens is 256 g/mol. The summed E-state index contributed by atoms with van der Waals surface area (Å²) in [6, 6.07) is 5.78. The summed E-state index contributed by atoms with van der Waals surface area (Å²) in [5.41, 5.74) is 6.72. The van der Waals surface area contributed by atoms with Gasteiger partial charge in [0, 0.05) is 9.92 Å². The third-order valence-corrected chi connectivity index (χ3v) is 3.43. The third kappa shape index (κ3) is 3.21. The molecule has 0 bridgehead atoms. The molecule has 1 heterocycles. The summed E-state index contributed by atoms with van der Waals surface area (Å²) < 4.78 is 0. The van der Waals surface area contributed by atoms with Crippen LogP contribution in [0.25, 0.3) is 0 Å².